The fourth-order valence-corrected chi connectivity index (χ4v) is 3.06. The maximum atomic E-state index is 8.90. The number of para-hydroxylation sites is 1. The van der Waals surface area contributed by atoms with Gasteiger partial charge < -0.3 is 9.94 Å². The van der Waals surface area contributed by atoms with Crippen LogP contribution in [0.4, 0.5) is 0 Å². The molecule has 2 atom stereocenters. The first-order valence-electron chi connectivity index (χ1n) is 6.94. The number of fused-ring (bicyclic) bond motifs is 1. The summed E-state index contributed by atoms with van der Waals surface area (Å²) in [6.07, 6.45) is 2.12. The van der Waals surface area contributed by atoms with Gasteiger partial charge in [-0.15, -0.1) is 0 Å². The number of nitrogens with zero attached hydrogens (tertiary/aromatic N) is 2. The Kier molecular flexibility index (Phi) is 3.42. The number of ether oxygens (including phenoxy) is 1. The topological polar surface area (TPSA) is 45.1 Å². The van der Waals surface area contributed by atoms with Gasteiger partial charge in [0.25, 0.3) is 0 Å². The van der Waals surface area contributed by atoms with Crippen LogP contribution >= 0.6 is 0 Å². The highest BCUT2D eigenvalue weighted by Gasteiger charge is 2.28. The SMILES string of the molecule is CC1CN(CC2Cc3ccccc3O2)CC/C1=N\O. The Balaban J connectivity index is 1.57. The van der Waals surface area contributed by atoms with Crippen LogP contribution in [0.25, 0.3) is 0 Å². The van der Waals surface area contributed by atoms with Crippen molar-refractivity contribution in [2.45, 2.75) is 25.9 Å². The van der Waals surface area contributed by atoms with Gasteiger partial charge >= 0.3 is 0 Å². The molecule has 2 aliphatic heterocycles. The second kappa shape index (κ2) is 5.21. The molecule has 0 spiro atoms. The highest BCUT2D eigenvalue weighted by atomic mass is 16.5. The van der Waals surface area contributed by atoms with Crippen molar-refractivity contribution in [1.29, 1.82) is 0 Å². The van der Waals surface area contributed by atoms with Gasteiger partial charge in [-0.25, -0.2) is 0 Å². The van der Waals surface area contributed by atoms with Crippen LogP contribution in [0.5, 0.6) is 5.75 Å². The summed E-state index contributed by atoms with van der Waals surface area (Å²) >= 11 is 0. The van der Waals surface area contributed by atoms with Crippen LogP contribution in [0.3, 0.4) is 0 Å². The van der Waals surface area contributed by atoms with E-state index < -0.39 is 0 Å². The van der Waals surface area contributed by atoms with Crippen molar-refractivity contribution >= 4 is 5.71 Å². The zero-order valence-electron chi connectivity index (χ0n) is 11.2. The molecule has 0 aliphatic carbocycles. The number of hydrogen-bond acceptors (Lipinski definition) is 4. The van der Waals surface area contributed by atoms with Crippen LogP contribution in [0.2, 0.25) is 0 Å². The normalized spacial score (nSPS) is 29.2. The fourth-order valence-electron chi connectivity index (χ4n) is 3.06. The van der Waals surface area contributed by atoms with Crippen LogP contribution in [0.1, 0.15) is 18.9 Å². The summed E-state index contributed by atoms with van der Waals surface area (Å²) < 4.78 is 5.98. The third kappa shape index (κ3) is 2.59. The molecule has 0 bridgehead atoms. The quantitative estimate of drug-likeness (QED) is 0.654. The molecule has 0 amide bonds. The van der Waals surface area contributed by atoms with Crippen LogP contribution < -0.4 is 4.74 Å². The van der Waals surface area contributed by atoms with Crippen molar-refractivity contribution in [3.05, 3.63) is 29.8 Å². The third-order valence-electron chi connectivity index (χ3n) is 4.09. The molecule has 2 aliphatic rings. The molecule has 1 aromatic rings. The Morgan fingerprint density at radius 1 is 1.42 bits per heavy atom. The molecular weight excluding hydrogens is 240 g/mol. The third-order valence-corrected chi connectivity index (χ3v) is 4.09. The van der Waals surface area contributed by atoms with E-state index in [1.54, 1.807) is 0 Å². The molecule has 4 heteroatoms. The van der Waals surface area contributed by atoms with Gasteiger partial charge in [0.15, 0.2) is 0 Å². The van der Waals surface area contributed by atoms with Crippen molar-refractivity contribution in [2.75, 3.05) is 19.6 Å². The lowest BCUT2D eigenvalue weighted by Gasteiger charge is -2.32. The molecule has 19 heavy (non-hydrogen) atoms. The lowest BCUT2D eigenvalue weighted by atomic mass is 9.97. The number of oxime groups is 1. The van der Waals surface area contributed by atoms with Gasteiger partial charge in [0, 0.05) is 38.4 Å². The van der Waals surface area contributed by atoms with Crippen LogP contribution in [0, 0.1) is 5.92 Å². The number of hydrogen-bond donors (Lipinski definition) is 1. The van der Waals surface area contributed by atoms with Crippen molar-refractivity contribution < 1.29 is 9.94 Å². The maximum Gasteiger partial charge on any atom is 0.123 e. The standard InChI is InChI=1S/C15H20N2O2/c1-11-9-17(7-6-14(11)16-18)10-13-8-12-4-2-3-5-15(12)19-13/h2-5,11,13,18H,6-10H2,1H3/b16-14+. The Labute approximate surface area is 113 Å². The Morgan fingerprint density at radius 3 is 3.00 bits per heavy atom. The van der Waals surface area contributed by atoms with E-state index in [2.05, 4.69) is 29.1 Å². The Morgan fingerprint density at radius 2 is 2.26 bits per heavy atom. The van der Waals surface area contributed by atoms with E-state index in [0.717, 1.165) is 43.9 Å². The number of benzene rings is 1. The summed E-state index contributed by atoms with van der Waals surface area (Å²) in [6.45, 7) is 4.98. The number of piperidine rings is 1. The van der Waals surface area contributed by atoms with Crippen molar-refractivity contribution in [3.8, 4) is 5.75 Å². The Bertz CT molecular complexity index is 462. The van der Waals surface area contributed by atoms with E-state index in [4.69, 9.17) is 9.94 Å². The molecule has 4 nitrogen and oxygen atoms in total. The average Bonchev–Trinajstić information content (AvgIpc) is 2.81. The molecule has 1 saturated heterocycles. The lowest BCUT2D eigenvalue weighted by molar-refractivity contribution is 0.139. The zero-order valence-corrected chi connectivity index (χ0v) is 11.2. The first kappa shape index (κ1) is 12.5. The lowest BCUT2D eigenvalue weighted by Crippen LogP contribution is -2.44. The second-order valence-corrected chi connectivity index (χ2v) is 5.55. The predicted octanol–water partition coefficient (Wildman–Crippen LogP) is 2.16. The van der Waals surface area contributed by atoms with Gasteiger partial charge in [-0.3, -0.25) is 4.90 Å². The summed E-state index contributed by atoms with van der Waals surface area (Å²) in [7, 11) is 0. The van der Waals surface area contributed by atoms with Gasteiger partial charge in [-0.2, -0.15) is 0 Å². The fraction of sp³-hybridized carbons (Fsp3) is 0.533. The maximum absolute atomic E-state index is 8.90. The van der Waals surface area contributed by atoms with Crippen LogP contribution in [-0.2, 0) is 6.42 Å². The molecule has 1 N–H and O–H groups in total. The molecular formula is C15H20N2O2. The average molecular weight is 260 g/mol. The molecule has 1 fully saturated rings. The Hall–Kier alpha value is -1.55. The molecule has 0 aromatic heterocycles. The highest BCUT2D eigenvalue weighted by Crippen LogP contribution is 2.29. The van der Waals surface area contributed by atoms with E-state index in [1.165, 1.54) is 5.56 Å². The summed E-state index contributed by atoms with van der Waals surface area (Å²) in [5.41, 5.74) is 2.24. The van der Waals surface area contributed by atoms with Gasteiger partial charge in [0.05, 0.1) is 5.71 Å². The number of rotatable bonds is 2. The zero-order chi connectivity index (χ0) is 13.2. The first-order valence-corrected chi connectivity index (χ1v) is 6.94. The largest absolute Gasteiger partial charge is 0.488 e. The summed E-state index contributed by atoms with van der Waals surface area (Å²) in [4.78, 5) is 2.41. The molecule has 0 saturated carbocycles. The van der Waals surface area contributed by atoms with E-state index in [1.807, 2.05) is 12.1 Å². The van der Waals surface area contributed by atoms with Gasteiger partial charge in [0.1, 0.15) is 11.9 Å². The molecule has 2 unspecified atom stereocenters. The van der Waals surface area contributed by atoms with E-state index in [-0.39, 0.29) is 6.10 Å². The van der Waals surface area contributed by atoms with E-state index >= 15 is 0 Å². The second-order valence-electron chi connectivity index (χ2n) is 5.55. The van der Waals surface area contributed by atoms with Crippen LogP contribution in [-0.4, -0.2) is 41.6 Å². The molecule has 1 aromatic carbocycles. The van der Waals surface area contributed by atoms with Crippen LogP contribution in [0.15, 0.2) is 29.4 Å². The minimum Gasteiger partial charge on any atom is -0.488 e. The minimum absolute atomic E-state index is 0.261. The first-order chi connectivity index (χ1) is 9.26. The van der Waals surface area contributed by atoms with E-state index in [0.29, 0.717) is 5.92 Å². The van der Waals surface area contributed by atoms with Crippen molar-refractivity contribution in [2.24, 2.45) is 11.1 Å². The molecule has 2 heterocycles. The highest BCUT2D eigenvalue weighted by molar-refractivity contribution is 5.86. The predicted molar refractivity (Wildman–Crippen MR) is 74.0 cm³/mol. The smallest absolute Gasteiger partial charge is 0.123 e. The summed E-state index contributed by atoms with van der Waals surface area (Å²) in [5.74, 6) is 1.37. The van der Waals surface area contributed by atoms with Gasteiger partial charge in [-0.05, 0) is 11.6 Å². The summed E-state index contributed by atoms with van der Waals surface area (Å²) in [6, 6.07) is 8.28. The van der Waals surface area contributed by atoms with E-state index in [9.17, 15) is 0 Å². The molecule has 0 radical (unpaired) electrons. The van der Waals surface area contributed by atoms with Crippen molar-refractivity contribution in [1.82, 2.24) is 4.90 Å². The monoisotopic (exact) mass is 260 g/mol. The van der Waals surface area contributed by atoms with Gasteiger partial charge in [0.2, 0.25) is 0 Å². The summed E-state index contributed by atoms with van der Waals surface area (Å²) in [5, 5.41) is 12.3. The number of likely N-dealkylation sites (tertiary alicyclic amines) is 1. The molecule has 102 valence electrons. The van der Waals surface area contributed by atoms with Crippen molar-refractivity contribution in [3.63, 3.8) is 0 Å². The molecule has 3 rings (SSSR count). The minimum atomic E-state index is 0.261. The van der Waals surface area contributed by atoms with Gasteiger partial charge in [-0.1, -0.05) is 30.3 Å².